The van der Waals surface area contributed by atoms with E-state index in [9.17, 15) is 0 Å². The van der Waals surface area contributed by atoms with Gasteiger partial charge in [0.2, 0.25) is 0 Å². The fraction of sp³-hybridized carbons (Fsp3) is 0. The Balaban J connectivity index is 1.32. The lowest BCUT2D eigenvalue weighted by Gasteiger charge is -2.20. The Kier molecular flexibility index (Phi) is 5.70. The van der Waals surface area contributed by atoms with Crippen LogP contribution in [0.5, 0.6) is 0 Å². The molecule has 11 aromatic rings. The van der Waals surface area contributed by atoms with Crippen LogP contribution in [-0.2, 0) is 0 Å². The smallest absolute Gasteiger partial charge is 0.143 e. The van der Waals surface area contributed by atoms with E-state index in [1.165, 1.54) is 49.4 Å². The van der Waals surface area contributed by atoms with Crippen molar-refractivity contribution in [2.24, 2.45) is 0 Å². The number of hydrogen-bond donors (Lipinski definition) is 0. The highest BCUT2D eigenvalue weighted by Gasteiger charge is 2.24. The minimum absolute atomic E-state index is 0.878. The Labute approximate surface area is 287 Å². The molecule has 0 spiro atoms. The van der Waals surface area contributed by atoms with Crippen LogP contribution in [0.3, 0.4) is 0 Å². The Morgan fingerprint density at radius 3 is 1.46 bits per heavy atom. The number of hydrogen-bond acceptors (Lipinski definition) is 2. The molecule has 2 heterocycles. The van der Waals surface area contributed by atoms with Gasteiger partial charge in [-0.25, -0.2) is 0 Å². The van der Waals surface area contributed by atoms with Crippen molar-refractivity contribution >= 4 is 76.2 Å². The maximum atomic E-state index is 6.94. The van der Waals surface area contributed by atoms with Gasteiger partial charge in [0.25, 0.3) is 0 Å². The molecule has 0 aliphatic rings. The predicted molar refractivity (Wildman–Crippen MR) is 210 cm³/mol. The number of para-hydroxylation sites is 2. The summed E-state index contributed by atoms with van der Waals surface area (Å²) in [4.78, 5) is 0. The Morgan fingerprint density at radius 2 is 0.800 bits per heavy atom. The lowest BCUT2D eigenvalue weighted by Crippen LogP contribution is -1.93. The molecule has 2 aromatic heterocycles. The van der Waals surface area contributed by atoms with Crippen molar-refractivity contribution in [1.82, 2.24) is 0 Å². The summed E-state index contributed by atoms with van der Waals surface area (Å²) >= 11 is 0. The topological polar surface area (TPSA) is 26.3 Å². The van der Waals surface area contributed by atoms with Crippen molar-refractivity contribution in [3.63, 3.8) is 0 Å². The van der Waals surface area contributed by atoms with Crippen molar-refractivity contribution in [3.05, 3.63) is 170 Å². The quantitative estimate of drug-likeness (QED) is 0.180. The fourth-order valence-electron chi connectivity index (χ4n) is 8.39. The van der Waals surface area contributed by atoms with E-state index in [2.05, 4.69) is 164 Å². The minimum atomic E-state index is 0.878. The lowest BCUT2D eigenvalue weighted by atomic mass is 9.83. The Bertz CT molecular complexity index is 3080. The zero-order valence-corrected chi connectivity index (χ0v) is 27.0. The van der Waals surface area contributed by atoms with Gasteiger partial charge < -0.3 is 8.83 Å². The molecule has 0 fully saturated rings. The van der Waals surface area contributed by atoms with E-state index in [0.29, 0.717) is 0 Å². The lowest BCUT2D eigenvalue weighted by molar-refractivity contribution is 0.669. The van der Waals surface area contributed by atoms with Crippen LogP contribution in [0.4, 0.5) is 0 Å². The molecule has 0 unspecified atom stereocenters. The second kappa shape index (κ2) is 10.4. The first-order valence-corrected chi connectivity index (χ1v) is 17.1. The molecule has 0 saturated heterocycles. The van der Waals surface area contributed by atoms with Crippen LogP contribution in [0.15, 0.2) is 179 Å². The maximum Gasteiger partial charge on any atom is 0.143 e. The first-order valence-electron chi connectivity index (χ1n) is 17.1. The molecule has 0 bridgehead atoms. The van der Waals surface area contributed by atoms with Crippen molar-refractivity contribution in [3.8, 4) is 33.4 Å². The van der Waals surface area contributed by atoms with E-state index >= 15 is 0 Å². The molecule has 50 heavy (non-hydrogen) atoms. The number of fused-ring (bicyclic) bond motifs is 11. The summed E-state index contributed by atoms with van der Waals surface area (Å²) in [6.07, 6.45) is 0. The van der Waals surface area contributed by atoms with Crippen LogP contribution in [0, 0.1) is 0 Å². The average molecular weight is 637 g/mol. The summed E-state index contributed by atoms with van der Waals surface area (Å²) in [5.74, 6) is 0. The third-order valence-corrected chi connectivity index (χ3v) is 10.4. The second-order valence-corrected chi connectivity index (χ2v) is 13.1. The van der Waals surface area contributed by atoms with Gasteiger partial charge in [0, 0.05) is 38.1 Å². The predicted octanol–water partition coefficient (Wildman–Crippen LogP) is 13.9. The SMILES string of the molecule is c1ccc(-c2ccccc2-c2c3ccccc3c(-c3cc4ccc5oc6ccccc6c5c4c4c3oc3ccccc34)c3ccccc23)cc1. The van der Waals surface area contributed by atoms with Crippen molar-refractivity contribution in [2.45, 2.75) is 0 Å². The van der Waals surface area contributed by atoms with Gasteiger partial charge in [-0.1, -0.05) is 146 Å². The zero-order chi connectivity index (χ0) is 32.8. The van der Waals surface area contributed by atoms with E-state index in [1.54, 1.807) is 0 Å². The van der Waals surface area contributed by atoms with Crippen molar-refractivity contribution < 1.29 is 8.83 Å². The molecule has 0 amide bonds. The summed E-state index contributed by atoms with van der Waals surface area (Å²) in [5, 5.41) is 11.6. The fourth-order valence-corrected chi connectivity index (χ4v) is 8.39. The summed E-state index contributed by atoms with van der Waals surface area (Å²) < 4.78 is 13.3. The van der Waals surface area contributed by atoms with Gasteiger partial charge >= 0.3 is 0 Å². The van der Waals surface area contributed by atoms with Crippen molar-refractivity contribution in [1.29, 1.82) is 0 Å². The molecule has 2 nitrogen and oxygen atoms in total. The maximum absolute atomic E-state index is 6.94. The zero-order valence-electron chi connectivity index (χ0n) is 27.0. The molecule has 2 heteroatoms. The van der Waals surface area contributed by atoms with Gasteiger partial charge in [0.15, 0.2) is 0 Å². The first kappa shape index (κ1) is 27.3. The molecular formula is C48H28O2. The highest BCUT2D eigenvalue weighted by atomic mass is 16.3. The standard InChI is InChI=1S/C48H28O2/c1-2-14-29(15-3-1)31-16-4-5-17-32(31)44-33-18-6-8-20-35(33)45(36-21-9-7-19-34(36)44)39-28-30-26-27-42-46(37-22-10-12-24-40(37)49-42)43(30)47-38-23-11-13-25-41(38)50-48(39)47/h1-28H. The Hall–Kier alpha value is -6.64. The largest absolute Gasteiger partial charge is 0.456 e. The molecule has 9 aromatic carbocycles. The highest BCUT2D eigenvalue weighted by molar-refractivity contribution is 6.34. The normalized spacial score (nSPS) is 12.0. The second-order valence-electron chi connectivity index (χ2n) is 13.1. The van der Waals surface area contributed by atoms with E-state index in [1.807, 2.05) is 6.07 Å². The monoisotopic (exact) mass is 636 g/mol. The molecule has 0 aliphatic heterocycles. The molecule has 0 aliphatic carbocycles. The van der Waals surface area contributed by atoms with Crippen molar-refractivity contribution in [2.75, 3.05) is 0 Å². The third-order valence-electron chi connectivity index (χ3n) is 10.4. The van der Waals surface area contributed by atoms with Crippen LogP contribution < -0.4 is 0 Å². The third kappa shape index (κ3) is 3.79. The molecule has 11 rings (SSSR count). The molecule has 0 radical (unpaired) electrons. The number of benzene rings is 9. The highest BCUT2D eigenvalue weighted by Crippen LogP contribution is 2.50. The van der Waals surface area contributed by atoms with E-state index < -0.39 is 0 Å². The van der Waals surface area contributed by atoms with Crippen LogP contribution in [0.2, 0.25) is 0 Å². The number of furan rings is 2. The van der Waals surface area contributed by atoms with Gasteiger partial charge in [-0.15, -0.1) is 0 Å². The summed E-state index contributed by atoms with van der Waals surface area (Å²) in [6, 6.07) is 60.7. The van der Waals surface area contributed by atoms with Gasteiger partial charge in [-0.05, 0) is 73.5 Å². The Morgan fingerprint density at radius 1 is 0.300 bits per heavy atom. The van der Waals surface area contributed by atoms with Crippen LogP contribution in [0.1, 0.15) is 0 Å². The van der Waals surface area contributed by atoms with Crippen LogP contribution in [-0.4, -0.2) is 0 Å². The van der Waals surface area contributed by atoms with Crippen LogP contribution >= 0.6 is 0 Å². The van der Waals surface area contributed by atoms with Gasteiger partial charge in [0.05, 0.1) is 0 Å². The first-order chi connectivity index (χ1) is 24.8. The van der Waals surface area contributed by atoms with E-state index in [-0.39, 0.29) is 0 Å². The van der Waals surface area contributed by atoms with E-state index in [0.717, 1.165) is 60.2 Å². The van der Waals surface area contributed by atoms with Gasteiger partial charge in [0.1, 0.15) is 22.3 Å². The minimum Gasteiger partial charge on any atom is -0.456 e. The summed E-state index contributed by atoms with van der Waals surface area (Å²) in [6.45, 7) is 0. The molecule has 0 atom stereocenters. The molecule has 0 saturated carbocycles. The molecule has 0 N–H and O–H groups in total. The van der Waals surface area contributed by atoms with Gasteiger partial charge in [-0.2, -0.15) is 0 Å². The summed E-state index contributed by atoms with van der Waals surface area (Å²) in [7, 11) is 0. The van der Waals surface area contributed by atoms with Crippen LogP contribution in [0.25, 0.3) is 110 Å². The summed E-state index contributed by atoms with van der Waals surface area (Å²) in [5.41, 5.74) is 10.7. The van der Waals surface area contributed by atoms with Gasteiger partial charge in [-0.3, -0.25) is 0 Å². The molecular weight excluding hydrogens is 609 g/mol. The average Bonchev–Trinajstić information content (AvgIpc) is 3.76. The number of rotatable bonds is 3. The molecule has 232 valence electrons. The van der Waals surface area contributed by atoms with E-state index in [4.69, 9.17) is 8.83 Å².